The van der Waals surface area contributed by atoms with Crippen molar-refractivity contribution < 1.29 is 4.39 Å². The Kier molecular flexibility index (Phi) is 8.53. The van der Waals surface area contributed by atoms with E-state index in [1.807, 2.05) is 0 Å². The van der Waals surface area contributed by atoms with Crippen LogP contribution in [0, 0.1) is 29.1 Å². The highest BCUT2D eigenvalue weighted by molar-refractivity contribution is 5.25. The molecule has 2 heteroatoms. The van der Waals surface area contributed by atoms with Crippen molar-refractivity contribution in [2.24, 2.45) is 17.8 Å². The van der Waals surface area contributed by atoms with Gasteiger partial charge >= 0.3 is 0 Å². The fraction of sp³-hybridized carbons (Fsp3) is 0.593. The smallest absolute Gasteiger partial charge is 0.195 e. The summed E-state index contributed by atoms with van der Waals surface area (Å²) < 4.78 is 12.8. The zero-order valence-electron chi connectivity index (χ0n) is 18.0. The van der Waals surface area contributed by atoms with Crippen LogP contribution in [0.2, 0.25) is 0 Å². The van der Waals surface area contributed by atoms with Gasteiger partial charge in [0.15, 0.2) is 5.83 Å². The lowest BCUT2D eigenvalue weighted by Gasteiger charge is -2.31. The minimum atomic E-state index is -0.706. The standard InChI is InChI=1S/C27H36FN/c1-2-21-12-16-25(17-13-21)26-18-14-24(15-19-26)11-10-23-8-6-22(7-9-23)4-3-5-27(28)20-29/h3-5,12-13,16-17,22-24,26H,2,6-11,14-15,18-19H2,1H3/b4-3+,27-5-. The monoisotopic (exact) mass is 393 g/mol. The van der Waals surface area contributed by atoms with Crippen LogP contribution >= 0.6 is 0 Å². The van der Waals surface area contributed by atoms with Crippen LogP contribution in [0.5, 0.6) is 0 Å². The molecule has 1 aromatic rings. The quantitative estimate of drug-likeness (QED) is 0.339. The number of allylic oxidation sites excluding steroid dienone is 4. The Balaban J connectivity index is 1.33. The summed E-state index contributed by atoms with van der Waals surface area (Å²) in [6, 6.07) is 10.9. The number of nitrogens with zero attached hydrogens (tertiary/aromatic N) is 1. The van der Waals surface area contributed by atoms with Crippen molar-refractivity contribution >= 4 is 0 Å². The van der Waals surface area contributed by atoms with Gasteiger partial charge in [-0.2, -0.15) is 9.65 Å². The molecule has 0 saturated heterocycles. The molecule has 0 heterocycles. The van der Waals surface area contributed by atoms with Gasteiger partial charge in [0, 0.05) is 0 Å². The Morgan fingerprint density at radius 3 is 2.10 bits per heavy atom. The maximum Gasteiger partial charge on any atom is 0.199 e. The largest absolute Gasteiger partial charge is 0.199 e. The molecule has 0 atom stereocenters. The summed E-state index contributed by atoms with van der Waals surface area (Å²) in [5, 5.41) is 8.44. The van der Waals surface area contributed by atoms with Crippen molar-refractivity contribution in [1.29, 1.82) is 5.26 Å². The van der Waals surface area contributed by atoms with Crippen molar-refractivity contribution in [3.63, 3.8) is 0 Å². The van der Waals surface area contributed by atoms with Crippen molar-refractivity contribution in [3.05, 3.63) is 59.4 Å². The second kappa shape index (κ2) is 11.3. The fourth-order valence-corrected chi connectivity index (χ4v) is 5.29. The Morgan fingerprint density at radius 1 is 0.966 bits per heavy atom. The third-order valence-electron chi connectivity index (χ3n) is 7.31. The Hall–Kier alpha value is -1.88. The highest BCUT2D eigenvalue weighted by Crippen LogP contribution is 2.40. The van der Waals surface area contributed by atoms with Gasteiger partial charge in [0.05, 0.1) is 0 Å². The minimum Gasteiger partial charge on any atom is -0.195 e. The van der Waals surface area contributed by atoms with Crippen molar-refractivity contribution in [1.82, 2.24) is 0 Å². The molecular formula is C27H36FN. The highest BCUT2D eigenvalue weighted by atomic mass is 19.1. The number of nitriles is 1. The van der Waals surface area contributed by atoms with E-state index in [2.05, 4.69) is 37.3 Å². The molecule has 0 aromatic heterocycles. The van der Waals surface area contributed by atoms with E-state index in [1.165, 1.54) is 81.9 Å². The first-order valence-electron chi connectivity index (χ1n) is 11.7. The molecule has 3 rings (SSSR count). The van der Waals surface area contributed by atoms with Gasteiger partial charge in [-0.3, -0.25) is 0 Å². The van der Waals surface area contributed by atoms with Crippen molar-refractivity contribution in [2.75, 3.05) is 0 Å². The molecule has 0 aliphatic heterocycles. The van der Waals surface area contributed by atoms with E-state index in [-0.39, 0.29) is 0 Å². The summed E-state index contributed by atoms with van der Waals surface area (Å²) in [5.74, 6) is 2.44. The van der Waals surface area contributed by atoms with Crippen LogP contribution in [0.4, 0.5) is 4.39 Å². The normalized spacial score (nSPS) is 28.4. The zero-order valence-corrected chi connectivity index (χ0v) is 18.0. The first kappa shape index (κ1) is 21.8. The molecule has 156 valence electrons. The molecule has 0 unspecified atom stereocenters. The number of halogens is 1. The second-order valence-electron chi connectivity index (χ2n) is 9.18. The van der Waals surface area contributed by atoms with Crippen LogP contribution in [0.25, 0.3) is 0 Å². The molecule has 0 bridgehead atoms. The van der Waals surface area contributed by atoms with E-state index in [4.69, 9.17) is 5.26 Å². The number of hydrogen-bond donors (Lipinski definition) is 0. The van der Waals surface area contributed by atoms with Crippen LogP contribution in [0.1, 0.15) is 88.2 Å². The van der Waals surface area contributed by atoms with E-state index < -0.39 is 5.83 Å². The number of benzene rings is 1. The predicted octanol–water partition coefficient (Wildman–Crippen LogP) is 8.04. The number of hydrogen-bond acceptors (Lipinski definition) is 1. The lowest BCUT2D eigenvalue weighted by molar-refractivity contribution is 0.246. The van der Waals surface area contributed by atoms with Gasteiger partial charge in [-0.1, -0.05) is 56.2 Å². The van der Waals surface area contributed by atoms with E-state index in [0.717, 1.165) is 24.2 Å². The van der Waals surface area contributed by atoms with Gasteiger partial charge in [-0.05, 0) is 98.7 Å². The van der Waals surface area contributed by atoms with Crippen molar-refractivity contribution in [3.8, 4) is 6.07 Å². The second-order valence-corrected chi connectivity index (χ2v) is 9.18. The van der Waals surface area contributed by atoms with E-state index in [0.29, 0.717) is 5.92 Å². The van der Waals surface area contributed by atoms with E-state index in [9.17, 15) is 4.39 Å². The summed E-state index contributed by atoms with van der Waals surface area (Å²) in [6.45, 7) is 2.22. The van der Waals surface area contributed by atoms with Crippen molar-refractivity contribution in [2.45, 2.75) is 83.5 Å². The molecule has 2 aliphatic carbocycles. The summed E-state index contributed by atoms with van der Waals surface area (Å²) in [7, 11) is 0. The van der Waals surface area contributed by atoms with Gasteiger partial charge in [-0.15, -0.1) is 0 Å². The van der Waals surface area contributed by atoms with Gasteiger partial charge < -0.3 is 0 Å². The molecule has 0 N–H and O–H groups in total. The number of rotatable bonds is 7. The Bertz CT molecular complexity index is 708. The van der Waals surface area contributed by atoms with Crippen LogP contribution in [-0.4, -0.2) is 0 Å². The summed E-state index contributed by atoms with van der Waals surface area (Å²) >= 11 is 0. The summed E-state index contributed by atoms with van der Waals surface area (Å²) in [4.78, 5) is 0. The van der Waals surface area contributed by atoms with Crippen LogP contribution in [0.15, 0.2) is 48.3 Å². The van der Waals surface area contributed by atoms with Crippen LogP contribution in [-0.2, 0) is 6.42 Å². The molecule has 0 radical (unpaired) electrons. The van der Waals surface area contributed by atoms with E-state index in [1.54, 1.807) is 11.6 Å². The first-order chi connectivity index (χ1) is 14.2. The fourth-order valence-electron chi connectivity index (χ4n) is 5.29. The van der Waals surface area contributed by atoms with Gasteiger partial charge in [-0.25, -0.2) is 0 Å². The Morgan fingerprint density at radius 2 is 1.55 bits per heavy atom. The lowest BCUT2D eigenvalue weighted by atomic mass is 9.74. The molecule has 0 amide bonds. The topological polar surface area (TPSA) is 23.8 Å². The van der Waals surface area contributed by atoms with E-state index >= 15 is 0 Å². The third-order valence-corrected chi connectivity index (χ3v) is 7.31. The van der Waals surface area contributed by atoms with Gasteiger partial charge in [0.2, 0.25) is 0 Å². The zero-order chi connectivity index (χ0) is 20.5. The molecule has 2 saturated carbocycles. The maximum absolute atomic E-state index is 12.8. The van der Waals surface area contributed by atoms with Gasteiger partial charge in [0.1, 0.15) is 6.07 Å². The maximum atomic E-state index is 12.8. The number of aryl methyl sites for hydroxylation is 1. The summed E-state index contributed by atoms with van der Waals surface area (Å²) in [5.41, 5.74) is 3.00. The van der Waals surface area contributed by atoms with Crippen LogP contribution in [0.3, 0.4) is 0 Å². The minimum absolute atomic E-state index is 0.559. The first-order valence-corrected chi connectivity index (χ1v) is 11.7. The van der Waals surface area contributed by atoms with Crippen LogP contribution < -0.4 is 0 Å². The average Bonchev–Trinajstić information content (AvgIpc) is 2.79. The van der Waals surface area contributed by atoms with Gasteiger partial charge in [0.25, 0.3) is 0 Å². The molecule has 1 nitrogen and oxygen atoms in total. The molecule has 29 heavy (non-hydrogen) atoms. The average molecular weight is 394 g/mol. The summed E-state index contributed by atoms with van der Waals surface area (Å²) in [6.07, 6.45) is 19.6. The molecule has 2 aliphatic rings. The predicted molar refractivity (Wildman–Crippen MR) is 119 cm³/mol. The molecular weight excluding hydrogens is 357 g/mol. The Labute approximate surface area is 176 Å². The molecule has 2 fully saturated rings. The third kappa shape index (κ3) is 6.84. The molecule has 0 spiro atoms. The molecule has 1 aromatic carbocycles. The SMILES string of the molecule is CCc1ccc(C2CCC(CCC3CCC(/C=C/C=C(\F)C#N)CC3)CC2)cc1. The highest BCUT2D eigenvalue weighted by Gasteiger charge is 2.24. The lowest BCUT2D eigenvalue weighted by Crippen LogP contribution is -2.17.